The second-order valence-electron chi connectivity index (χ2n) is 5.53. The molecule has 2 saturated heterocycles. The van der Waals surface area contributed by atoms with Gasteiger partial charge in [0, 0.05) is 42.8 Å². The predicted octanol–water partition coefficient (Wildman–Crippen LogP) is 1.58. The highest BCUT2D eigenvalue weighted by atomic mass is 19.1. The summed E-state index contributed by atoms with van der Waals surface area (Å²) >= 11 is 0. The number of piperidine rings is 1. The Hall–Kier alpha value is -1.20. The van der Waals surface area contributed by atoms with Crippen molar-refractivity contribution in [1.29, 1.82) is 0 Å². The maximum atomic E-state index is 14.2. The molecule has 1 aromatic carbocycles. The summed E-state index contributed by atoms with van der Waals surface area (Å²) in [6.07, 6.45) is 1.81. The number of nitrogens with one attached hydrogen (secondary N) is 1. The molecule has 2 aliphatic rings. The Morgan fingerprint density at radius 1 is 1.21 bits per heavy atom. The van der Waals surface area contributed by atoms with Crippen molar-refractivity contribution in [3.8, 4) is 0 Å². The van der Waals surface area contributed by atoms with Gasteiger partial charge < -0.3 is 16.0 Å². The Balaban J connectivity index is 1.85. The standard InChI is InChI=1S/C14H19F2N3/c15-12-4-11(19-7-10(17)8-19)5-13(16)14(12)9-2-1-3-18-6-9/h4-5,9-10,18H,1-3,6-8,17H2. The molecule has 3 nitrogen and oxygen atoms in total. The van der Waals surface area contributed by atoms with Crippen molar-refractivity contribution in [3.63, 3.8) is 0 Å². The van der Waals surface area contributed by atoms with Gasteiger partial charge in [-0.2, -0.15) is 0 Å². The topological polar surface area (TPSA) is 41.3 Å². The number of nitrogens with zero attached hydrogens (tertiary/aromatic N) is 1. The molecule has 19 heavy (non-hydrogen) atoms. The Bertz CT molecular complexity index is 443. The van der Waals surface area contributed by atoms with Crippen molar-refractivity contribution in [1.82, 2.24) is 5.32 Å². The van der Waals surface area contributed by atoms with Crippen LogP contribution >= 0.6 is 0 Å². The van der Waals surface area contributed by atoms with Crippen LogP contribution in [0.2, 0.25) is 0 Å². The van der Waals surface area contributed by atoms with E-state index in [-0.39, 0.29) is 17.5 Å². The van der Waals surface area contributed by atoms with Gasteiger partial charge in [-0.3, -0.25) is 0 Å². The van der Waals surface area contributed by atoms with E-state index >= 15 is 0 Å². The molecular formula is C14H19F2N3. The minimum Gasteiger partial charge on any atom is -0.368 e. The fraction of sp³-hybridized carbons (Fsp3) is 0.571. The summed E-state index contributed by atoms with van der Waals surface area (Å²) in [5, 5.41) is 3.19. The van der Waals surface area contributed by atoms with E-state index in [9.17, 15) is 8.78 Å². The fourth-order valence-corrected chi connectivity index (χ4v) is 2.97. The van der Waals surface area contributed by atoms with E-state index in [0.717, 1.165) is 19.4 Å². The number of benzene rings is 1. The zero-order valence-corrected chi connectivity index (χ0v) is 10.8. The minimum absolute atomic E-state index is 0.0542. The highest BCUT2D eigenvalue weighted by molar-refractivity contribution is 5.52. The smallest absolute Gasteiger partial charge is 0.131 e. The van der Waals surface area contributed by atoms with Crippen LogP contribution in [0.4, 0.5) is 14.5 Å². The van der Waals surface area contributed by atoms with Gasteiger partial charge in [-0.15, -0.1) is 0 Å². The van der Waals surface area contributed by atoms with Gasteiger partial charge in [0.1, 0.15) is 11.6 Å². The van der Waals surface area contributed by atoms with Gasteiger partial charge >= 0.3 is 0 Å². The molecule has 3 N–H and O–H groups in total. The molecule has 2 heterocycles. The monoisotopic (exact) mass is 267 g/mol. The van der Waals surface area contributed by atoms with Crippen molar-refractivity contribution < 1.29 is 8.78 Å². The van der Waals surface area contributed by atoms with Crippen LogP contribution < -0.4 is 16.0 Å². The van der Waals surface area contributed by atoms with Gasteiger partial charge in [-0.1, -0.05) is 0 Å². The zero-order chi connectivity index (χ0) is 13.4. The van der Waals surface area contributed by atoms with Crippen molar-refractivity contribution in [2.75, 3.05) is 31.1 Å². The van der Waals surface area contributed by atoms with E-state index in [0.29, 0.717) is 25.3 Å². The third kappa shape index (κ3) is 2.44. The lowest BCUT2D eigenvalue weighted by molar-refractivity contribution is 0.427. The first kappa shape index (κ1) is 12.8. The number of rotatable bonds is 2. The van der Waals surface area contributed by atoms with Crippen molar-refractivity contribution in [3.05, 3.63) is 29.3 Å². The summed E-state index contributed by atoms with van der Waals surface area (Å²) in [6.45, 7) is 2.93. The molecule has 5 heteroatoms. The third-order valence-electron chi connectivity index (χ3n) is 4.04. The Morgan fingerprint density at radius 3 is 2.42 bits per heavy atom. The molecule has 104 valence electrons. The van der Waals surface area contributed by atoms with E-state index in [1.807, 2.05) is 4.90 Å². The molecule has 2 aliphatic heterocycles. The average molecular weight is 267 g/mol. The first-order chi connectivity index (χ1) is 9.15. The molecule has 0 spiro atoms. The van der Waals surface area contributed by atoms with Crippen LogP contribution in [0.15, 0.2) is 12.1 Å². The summed E-state index contributed by atoms with van der Waals surface area (Å²) in [4.78, 5) is 1.90. The molecular weight excluding hydrogens is 248 g/mol. The van der Waals surface area contributed by atoms with Gasteiger partial charge in [0.15, 0.2) is 0 Å². The molecule has 0 radical (unpaired) electrons. The molecule has 0 aliphatic carbocycles. The second-order valence-corrected chi connectivity index (χ2v) is 5.53. The van der Waals surface area contributed by atoms with Crippen LogP contribution in [-0.2, 0) is 0 Å². The molecule has 1 aromatic rings. The Morgan fingerprint density at radius 2 is 1.89 bits per heavy atom. The van der Waals surface area contributed by atoms with Gasteiger partial charge in [-0.05, 0) is 31.5 Å². The van der Waals surface area contributed by atoms with Gasteiger partial charge in [-0.25, -0.2) is 8.78 Å². The van der Waals surface area contributed by atoms with E-state index in [1.165, 1.54) is 12.1 Å². The molecule has 0 amide bonds. The molecule has 0 saturated carbocycles. The summed E-state index contributed by atoms with van der Waals surface area (Å²) in [5.41, 5.74) is 6.53. The summed E-state index contributed by atoms with van der Waals surface area (Å²) in [6, 6.07) is 3.01. The summed E-state index contributed by atoms with van der Waals surface area (Å²) in [7, 11) is 0. The molecule has 0 bridgehead atoms. The quantitative estimate of drug-likeness (QED) is 0.855. The molecule has 1 unspecified atom stereocenters. The van der Waals surface area contributed by atoms with E-state index in [1.54, 1.807) is 0 Å². The van der Waals surface area contributed by atoms with Crippen molar-refractivity contribution >= 4 is 5.69 Å². The number of nitrogens with two attached hydrogens (primary N) is 1. The van der Waals surface area contributed by atoms with Crippen molar-refractivity contribution in [2.24, 2.45) is 5.73 Å². The van der Waals surface area contributed by atoms with Crippen LogP contribution in [0.1, 0.15) is 24.3 Å². The first-order valence-electron chi connectivity index (χ1n) is 6.85. The van der Waals surface area contributed by atoms with Crippen LogP contribution in [0.3, 0.4) is 0 Å². The zero-order valence-electron chi connectivity index (χ0n) is 10.8. The second kappa shape index (κ2) is 5.06. The van der Waals surface area contributed by atoms with Crippen LogP contribution in [0.5, 0.6) is 0 Å². The Labute approximate surface area is 111 Å². The SMILES string of the molecule is NC1CN(c2cc(F)c(C3CCCNC3)c(F)c2)C1. The normalized spacial score (nSPS) is 24.4. The summed E-state index contributed by atoms with van der Waals surface area (Å²) < 4.78 is 28.4. The highest BCUT2D eigenvalue weighted by Crippen LogP contribution is 2.32. The van der Waals surface area contributed by atoms with Crippen molar-refractivity contribution in [2.45, 2.75) is 24.8 Å². The first-order valence-corrected chi connectivity index (χ1v) is 6.85. The average Bonchev–Trinajstić information content (AvgIpc) is 2.35. The van der Waals surface area contributed by atoms with Gasteiger partial charge in [0.25, 0.3) is 0 Å². The lowest BCUT2D eigenvalue weighted by Crippen LogP contribution is -2.55. The van der Waals surface area contributed by atoms with E-state index < -0.39 is 11.6 Å². The third-order valence-corrected chi connectivity index (χ3v) is 4.04. The maximum absolute atomic E-state index is 14.2. The number of hydrogen-bond donors (Lipinski definition) is 2. The minimum atomic E-state index is -0.427. The van der Waals surface area contributed by atoms with Crippen LogP contribution in [0, 0.1) is 11.6 Å². The fourth-order valence-electron chi connectivity index (χ4n) is 2.97. The van der Waals surface area contributed by atoms with Gasteiger partial charge in [0.05, 0.1) is 0 Å². The lowest BCUT2D eigenvalue weighted by atomic mass is 9.90. The highest BCUT2D eigenvalue weighted by Gasteiger charge is 2.27. The van der Waals surface area contributed by atoms with Crippen LogP contribution in [-0.4, -0.2) is 32.2 Å². The van der Waals surface area contributed by atoms with Crippen LogP contribution in [0.25, 0.3) is 0 Å². The molecule has 2 fully saturated rings. The van der Waals surface area contributed by atoms with E-state index in [4.69, 9.17) is 5.73 Å². The summed E-state index contributed by atoms with van der Waals surface area (Å²) in [5.74, 6) is -0.908. The van der Waals surface area contributed by atoms with E-state index in [2.05, 4.69) is 5.32 Å². The van der Waals surface area contributed by atoms with Gasteiger partial charge in [0.2, 0.25) is 0 Å². The molecule has 0 aromatic heterocycles. The maximum Gasteiger partial charge on any atom is 0.131 e. The number of hydrogen-bond acceptors (Lipinski definition) is 3. The molecule has 1 atom stereocenters. The largest absolute Gasteiger partial charge is 0.368 e. The lowest BCUT2D eigenvalue weighted by Gasteiger charge is -2.39. The predicted molar refractivity (Wildman–Crippen MR) is 71.4 cm³/mol. The Kier molecular flexibility index (Phi) is 3.41. The molecule has 3 rings (SSSR count). The number of halogens is 2. The number of anilines is 1.